The van der Waals surface area contributed by atoms with Crippen molar-refractivity contribution in [2.75, 3.05) is 6.54 Å². The maximum Gasteiger partial charge on any atom is 0.387 e. The van der Waals surface area contributed by atoms with E-state index in [9.17, 15) is 8.78 Å². The molecule has 0 atom stereocenters. The van der Waals surface area contributed by atoms with Gasteiger partial charge in [-0.25, -0.2) is 0 Å². The average Bonchev–Trinajstić information content (AvgIpc) is 2.28. The Balaban J connectivity index is 1.76. The van der Waals surface area contributed by atoms with Crippen molar-refractivity contribution in [3.8, 4) is 5.75 Å². The molecule has 0 bridgehead atoms. The van der Waals surface area contributed by atoms with Crippen molar-refractivity contribution in [2.24, 2.45) is 5.92 Å². The summed E-state index contributed by atoms with van der Waals surface area (Å²) in [5.74, 6) is 1.13. The first-order valence-corrected chi connectivity index (χ1v) is 6.49. The van der Waals surface area contributed by atoms with Crippen molar-refractivity contribution in [1.29, 1.82) is 0 Å². The lowest BCUT2D eigenvalue weighted by molar-refractivity contribution is -0.0504. The van der Waals surface area contributed by atoms with E-state index in [1.54, 1.807) is 12.1 Å². The Morgan fingerprint density at radius 2 is 2.06 bits per heavy atom. The third kappa shape index (κ3) is 3.95. The Bertz CT molecular complexity index is 367. The highest BCUT2D eigenvalue weighted by atomic mass is 19.3. The van der Waals surface area contributed by atoms with Gasteiger partial charge in [-0.3, -0.25) is 0 Å². The summed E-state index contributed by atoms with van der Waals surface area (Å²) in [6.07, 6.45) is 5.22. The SMILES string of the molecule is FC(F)Oc1ccccc1CNCCC1CCC1. The van der Waals surface area contributed by atoms with E-state index in [0.29, 0.717) is 6.54 Å². The largest absolute Gasteiger partial charge is 0.434 e. The van der Waals surface area contributed by atoms with Crippen LogP contribution in [-0.2, 0) is 6.54 Å². The fourth-order valence-electron chi connectivity index (χ4n) is 2.17. The molecule has 0 spiro atoms. The van der Waals surface area contributed by atoms with E-state index in [0.717, 1.165) is 18.0 Å². The first-order chi connectivity index (χ1) is 8.75. The maximum atomic E-state index is 12.2. The van der Waals surface area contributed by atoms with Crippen LogP contribution in [0.4, 0.5) is 8.78 Å². The Hall–Kier alpha value is -1.16. The predicted octanol–water partition coefficient (Wildman–Crippen LogP) is 3.57. The van der Waals surface area contributed by atoms with Crippen molar-refractivity contribution in [2.45, 2.75) is 38.8 Å². The minimum absolute atomic E-state index is 0.267. The van der Waals surface area contributed by atoms with Crippen LogP contribution in [0.25, 0.3) is 0 Å². The Morgan fingerprint density at radius 1 is 1.28 bits per heavy atom. The second-order valence-corrected chi connectivity index (χ2v) is 4.75. The van der Waals surface area contributed by atoms with Crippen LogP contribution in [0.1, 0.15) is 31.2 Å². The molecule has 0 radical (unpaired) electrons. The number of hydrogen-bond donors (Lipinski definition) is 1. The minimum Gasteiger partial charge on any atom is -0.434 e. The van der Waals surface area contributed by atoms with E-state index < -0.39 is 6.61 Å². The Kier molecular flexibility index (Phi) is 4.93. The molecule has 2 nitrogen and oxygen atoms in total. The number of hydrogen-bond acceptors (Lipinski definition) is 2. The molecule has 1 aromatic carbocycles. The van der Waals surface area contributed by atoms with Gasteiger partial charge in [0, 0.05) is 12.1 Å². The molecule has 1 aliphatic rings. The lowest BCUT2D eigenvalue weighted by Gasteiger charge is -2.25. The molecule has 1 fully saturated rings. The monoisotopic (exact) mass is 255 g/mol. The highest BCUT2D eigenvalue weighted by molar-refractivity contribution is 5.33. The van der Waals surface area contributed by atoms with Gasteiger partial charge in [0.25, 0.3) is 0 Å². The molecule has 4 heteroatoms. The van der Waals surface area contributed by atoms with Crippen molar-refractivity contribution < 1.29 is 13.5 Å². The van der Waals surface area contributed by atoms with Gasteiger partial charge in [0.05, 0.1) is 0 Å². The van der Waals surface area contributed by atoms with Crippen LogP contribution in [-0.4, -0.2) is 13.2 Å². The molecule has 1 aromatic rings. The number of alkyl halides is 2. The lowest BCUT2D eigenvalue weighted by Crippen LogP contribution is -2.21. The van der Waals surface area contributed by atoms with Crippen LogP contribution in [0.2, 0.25) is 0 Å². The van der Waals surface area contributed by atoms with Gasteiger partial charge in [0.2, 0.25) is 0 Å². The molecule has 1 N–H and O–H groups in total. The van der Waals surface area contributed by atoms with Crippen LogP contribution < -0.4 is 10.1 Å². The molecule has 2 rings (SSSR count). The molecule has 0 unspecified atom stereocenters. The number of rotatable bonds is 7. The summed E-state index contributed by atoms with van der Waals surface area (Å²) in [7, 11) is 0. The molecule has 0 amide bonds. The molecule has 18 heavy (non-hydrogen) atoms. The Labute approximate surface area is 106 Å². The molecule has 0 heterocycles. The van der Waals surface area contributed by atoms with Crippen molar-refractivity contribution in [1.82, 2.24) is 5.32 Å². The molecule has 1 saturated carbocycles. The average molecular weight is 255 g/mol. The first kappa shape index (κ1) is 13.3. The smallest absolute Gasteiger partial charge is 0.387 e. The Morgan fingerprint density at radius 3 is 2.72 bits per heavy atom. The van der Waals surface area contributed by atoms with E-state index in [2.05, 4.69) is 10.1 Å². The highest BCUT2D eigenvalue weighted by Gasteiger charge is 2.16. The second-order valence-electron chi connectivity index (χ2n) is 4.75. The number of para-hydroxylation sites is 1. The number of benzene rings is 1. The van der Waals surface area contributed by atoms with Gasteiger partial charge in [-0.2, -0.15) is 8.78 Å². The fraction of sp³-hybridized carbons (Fsp3) is 0.571. The second kappa shape index (κ2) is 6.69. The van der Waals surface area contributed by atoms with Gasteiger partial charge in [0.15, 0.2) is 0 Å². The van der Waals surface area contributed by atoms with E-state index in [-0.39, 0.29) is 5.75 Å². The summed E-state index contributed by atoms with van der Waals surface area (Å²) >= 11 is 0. The van der Waals surface area contributed by atoms with Crippen molar-refractivity contribution >= 4 is 0 Å². The summed E-state index contributed by atoms with van der Waals surface area (Å²) in [6, 6.07) is 6.93. The van der Waals surface area contributed by atoms with Crippen LogP contribution in [0.15, 0.2) is 24.3 Å². The normalized spacial score (nSPS) is 15.7. The van der Waals surface area contributed by atoms with Crippen LogP contribution in [0.3, 0.4) is 0 Å². The summed E-state index contributed by atoms with van der Waals surface area (Å²) in [4.78, 5) is 0. The first-order valence-electron chi connectivity index (χ1n) is 6.49. The molecular weight excluding hydrogens is 236 g/mol. The van der Waals surface area contributed by atoms with E-state index >= 15 is 0 Å². The van der Waals surface area contributed by atoms with Crippen molar-refractivity contribution in [3.05, 3.63) is 29.8 Å². The summed E-state index contributed by atoms with van der Waals surface area (Å²) in [5, 5.41) is 3.29. The third-order valence-corrected chi connectivity index (χ3v) is 3.46. The molecule has 0 saturated heterocycles. The zero-order valence-corrected chi connectivity index (χ0v) is 10.4. The maximum absolute atomic E-state index is 12.2. The van der Waals surface area contributed by atoms with Gasteiger partial charge < -0.3 is 10.1 Å². The number of ether oxygens (including phenoxy) is 1. The van der Waals surface area contributed by atoms with E-state index in [4.69, 9.17) is 0 Å². The zero-order valence-electron chi connectivity index (χ0n) is 10.4. The topological polar surface area (TPSA) is 21.3 Å². The molecule has 0 aromatic heterocycles. The van der Waals surface area contributed by atoms with Gasteiger partial charge in [-0.1, -0.05) is 37.5 Å². The van der Waals surface area contributed by atoms with Gasteiger partial charge in [-0.05, 0) is 24.9 Å². The van der Waals surface area contributed by atoms with Gasteiger partial charge in [-0.15, -0.1) is 0 Å². The minimum atomic E-state index is -2.76. The summed E-state index contributed by atoms with van der Waals surface area (Å²) in [5.41, 5.74) is 0.784. The number of nitrogens with one attached hydrogen (secondary N) is 1. The quantitative estimate of drug-likeness (QED) is 0.752. The van der Waals surface area contributed by atoms with E-state index in [1.165, 1.54) is 25.7 Å². The van der Waals surface area contributed by atoms with Crippen LogP contribution >= 0.6 is 0 Å². The van der Waals surface area contributed by atoms with Crippen molar-refractivity contribution in [3.63, 3.8) is 0 Å². The summed E-state index contributed by atoms with van der Waals surface area (Å²) in [6.45, 7) is -1.25. The molecule has 100 valence electrons. The van der Waals surface area contributed by atoms with Gasteiger partial charge in [0.1, 0.15) is 5.75 Å². The third-order valence-electron chi connectivity index (χ3n) is 3.46. The fourth-order valence-corrected chi connectivity index (χ4v) is 2.17. The summed E-state index contributed by atoms with van der Waals surface area (Å²) < 4.78 is 28.9. The molecule has 1 aliphatic carbocycles. The zero-order chi connectivity index (χ0) is 12.8. The van der Waals surface area contributed by atoms with Gasteiger partial charge >= 0.3 is 6.61 Å². The lowest BCUT2D eigenvalue weighted by atomic mass is 9.83. The molecular formula is C14H19F2NO. The standard InChI is InChI=1S/C14H19F2NO/c15-14(16)18-13-7-2-1-6-12(13)10-17-9-8-11-4-3-5-11/h1-2,6-7,11,14,17H,3-5,8-10H2. The van der Waals surface area contributed by atoms with Crippen LogP contribution in [0, 0.1) is 5.92 Å². The van der Waals surface area contributed by atoms with E-state index in [1.807, 2.05) is 12.1 Å². The molecule has 0 aliphatic heterocycles. The van der Waals surface area contributed by atoms with Crippen LogP contribution in [0.5, 0.6) is 5.75 Å². The number of halogens is 2. The highest BCUT2D eigenvalue weighted by Crippen LogP contribution is 2.28. The predicted molar refractivity (Wildman–Crippen MR) is 66.7 cm³/mol.